The van der Waals surface area contributed by atoms with Crippen molar-refractivity contribution in [3.05, 3.63) is 29.2 Å². The molecule has 5 heteroatoms. The van der Waals surface area contributed by atoms with Crippen molar-refractivity contribution in [2.75, 3.05) is 0 Å². The fraction of sp³-hybridized carbons (Fsp3) is 0.200. The van der Waals surface area contributed by atoms with E-state index in [9.17, 15) is 0 Å². The van der Waals surface area contributed by atoms with Crippen LogP contribution < -0.4 is 0 Å². The Kier molecular flexibility index (Phi) is 2.07. The van der Waals surface area contributed by atoms with Crippen LogP contribution in [0, 0.1) is 29.6 Å². The molecule has 0 saturated carbocycles. The molecule has 2 aromatic rings. The second-order valence-electron chi connectivity index (χ2n) is 3.12. The van der Waals surface area contributed by atoms with E-state index in [0.29, 0.717) is 17.0 Å². The minimum absolute atomic E-state index is 0.158. The van der Waals surface area contributed by atoms with E-state index in [4.69, 9.17) is 10.5 Å². The Labute approximate surface area is 86.2 Å². The summed E-state index contributed by atoms with van der Waals surface area (Å²) in [5.41, 5.74) is 1.89. The first kappa shape index (κ1) is 9.17. The summed E-state index contributed by atoms with van der Waals surface area (Å²) < 4.78 is 1.53. The minimum Gasteiger partial charge on any atom is -0.219 e. The topological polar surface area (TPSA) is 77.8 Å². The molecule has 5 nitrogen and oxygen atoms in total. The lowest BCUT2D eigenvalue weighted by atomic mass is 10.2. The smallest absolute Gasteiger partial charge is 0.173 e. The lowest BCUT2D eigenvalue weighted by molar-refractivity contribution is 0.908. The van der Waals surface area contributed by atoms with Crippen LogP contribution in [-0.2, 0) is 6.42 Å². The van der Waals surface area contributed by atoms with Crippen LogP contribution in [0.15, 0.2) is 12.3 Å². The van der Waals surface area contributed by atoms with E-state index in [1.165, 1.54) is 4.52 Å². The molecule has 0 unspecified atom stereocenters. The molecule has 0 bridgehead atoms. The van der Waals surface area contributed by atoms with E-state index in [2.05, 4.69) is 16.2 Å². The second kappa shape index (κ2) is 3.39. The summed E-state index contributed by atoms with van der Waals surface area (Å²) in [4.78, 5) is 4.14. The largest absolute Gasteiger partial charge is 0.219 e. The number of rotatable bonds is 1. The number of nitriles is 2. The summed E-state index contributed by atoms with van der Waals surface area (Å²) in [6, 6.07) is 5.87. The molecule has 0 aliphatic heterocycles. The van der Waals surface area contributed by atoms with E-state index in [1.54, 1.807) is 12.3 Å². The molecule has 2 aromatic heterocycles. The van der Waals surface area contributed by atoms with Crippen LogP contribution in [0.25, 0.3) is 5.65 Å². The highest BCUT2D eigenvalue weighted by atomic mass is 15.3. The Morgan fingerprint density at radius 1 is 1.47 bits per heavy atom. The third-order valence-electron chi connectivity index (χ3n) is 2.11. The zero-order valence-corrected chi connectivity index (χ0v) is 8.10. The molecular formula is C10H7N5. The molecule has 0 spiro atoms. The van der Waals surface area contributed by atoms with E-state index >= 15 is 0 Å². The van der Waals surface area contributed by atoms with Gasteiger partial charge in [-0.25, -0.2) is 9.50 Å². The highest BCUT2D eigenvalue weighted by molar-refractivity contribution is 5.58. The lowest BCUT2D eigenvalue weighted by Crippen LogP contribution is -1.92. The Bertz CT molecular complexity index is 597. The molecule has 0 aliphatic carbocycles. The number of aromatic nitrogens is 3. The first-order valence-electron chi connectivity index (χ1n) is 4.38. The molecule has 0 radical (unpaired) electrons. The zero-order chi connectivity index (χ0) is 10.8. The average Bonchev–Trinajstić information content (AvgIpc) is 2.61. The first-order valence-corrected chi connectivity index (χ1v) is 4.38. The quantitative estimate of drug-likeness (QED) is 0.682. The van der Waals surface area contributed by atoms with Crippen molar-refractivity contribution in [3.8, 4) is 12.1 Å². The fourth-order valence-corrected chi connectivity index (χ4v) is 1.37. The summed E-state index contributed by atoms with van der Waals surface area (Å²) in [5.74, 6) is 0.444. The monoisotopic (exact) mass is 197 g/mol. The van der Waals surface area contributed by atoms with Crippen molar-refractivity contribution in [1.29, 1.82) is 10.5 Å². The van der Waals surface area contributed by atoms with Gasteiger partial charge >= 0.3 is 0 Å². The van der Waals surface area contributed by atoms with Crippen LogP contribution in [-0.4, -0.2) is 14.6 Å². The SMILES string of the molecule is Cc1ccn2nc(CC#N)nc2c1C#N. The lowest BCUT2D eigenvalue weighted by Gasteiger charge is -1.96. The number of pyridine rings is 1. The Morgan fingerprint density at radius 2 is 2.27 bits per heavy atom. The van der Waals surface area contributed by atoms with Gasteiger partial charge in [0.15, 0.2) is 11.5 Å². The zero-order valence-electron chi connectivity index (χ0n) is 8.10. The minimum atomic E-state index is 0.158. The van der Waals surface area contributed by atoms with Crippen molar-refractivity contribution in [2.24, 2.45) is 0 Å². The molecule has 2 rings (SSSR count). The van der Waals surface area contributed by atoms with Crippen molar-refractivity contribution < 1.29 is 0 Å². The highest BCUT2D eigenvalue weighted by Gasteiger charge is 2.09. The van der Waals surface area contributed by atoms with Gasteiger partial charge in [0.25, 0.3) is 0 Å². The maximum absolute atomic E-state index is 8.96. The predicted octanol–water partition coefficient (Wildman–Crippen LogP) is 0.975. The Balaban J connectivity index is 2.72. The van der Waals surface area contributed by atoms with E-state index in [-0.39, 0.29) is 6.42 Å². The second-order valence-corrected chi connectivity index (χ2v) is 3.12. The molecule has 0 atom stereocenters. The average molecular weight is 197 g/mol. The summed E-state index contributed by atoms with van der Waals surface area (Å²) >= 11 is 0. The molecule has 0 amide bonds. The fourth-order valence-electron chi connectivity index (χ4n) is 1.37. The van der Waals surface area contributed by atoms with Gasteiger partial charge < -0.3 is 0 Å². The van der Waals surface area contributed by atoms with Crippen LogP contribution in [0.1, 0.15) is 17.0 Å². The van der Waals surface area contributed by atoms with Crippen LogP contribution in [0.2, 0.25) is 0 Å². The highest BCUT2D eigenvalue weighted by Crippen LogP contribution is 2.12. The van der Waals surface area contributed by atoms with Crippen LogP contribution in [0.5, 0.6) is 0 Å². The van der Waals surface area contributed by atoms with Crippen LogP contribution in [0.4, 0.5) is 0 Å². The van der Waals surface area contributed by atoms with Crippen LogP contribution >= 0.6 is 0 Å². The summed E-state index contributed by atoms with van der Waals surface area (Å²) in [6.45, 7) is 1.84. The molecular weight excluding hydrogens is 190 g/mol. The molecule has 0 aromatic carbocycles. The molecule has 72 valence electrons. The molecule has 2 heterocycles. The van der Waals surface area contributed by atoms with Gasteiger partial charge in [0, 0.05) is 6.20 Å². The van der Waals surface area contributed by atoms with Crippen LogP contribution in [0.3, 0.4) is 0 Å². The normalized spacial score (nSPS) is 9.80. The van der Waals surface area contributed by atoms with Gasteiger partial charge in [0.05, 0.1) is 18.1 Å². The summed E-state index contributed by atoms with van der Waals surface area (Å²) in [5, 5.41) is 21.6. The summed E-state index contributed by atoms with van der Waals surface area (Å²) in [6.07, 6.45) is 1.89. The van der Waals surface area contributed by atoms with E-state index < -0.39 is 0 Å². The molecule has 0 fully saturated rings. The number of aryl methyl sites for hydroxylation is 1. The summed E-state index contributed by atoms with van der Waals surface area (Å²) in [7, 11) is 0. The van der Waals surface area contributed by atoms with E-state index in [0.717, 1.165) is 5.56 Å². The Hall–Kier alpha value is -2.40. The third-order valence-corrected chi connectivity index (χ3v) is 2.11. The van der Waals surface area contributed by atoms with E-state index in [1.807, 2.05) is 13.0 Å². The maximum atomic E-state index is 8.96. The Morgan fingerprint density at radius 3 is 2.93 bits per heavy atom. The van der Waals surface area contributed by atoms with Gasteiger partial charge in [-0.1, -0.05) is 0 Å². The van der Waals surface area contributed by atoms with Crippen molar-refractivity contribution >= 4 is 5.65 Å². The predicted molar refractivity (Wildman–Crippen MR) is 51.8 cm³/mol. The number of nitrogens with zero attached hydrogens (tertiary/aromatic N) is 5. The standard InChI is InChI=1S/C10H7N5/c1-7-3-5-15-10(8(7)6-12)13-9(14-15)2-4-11/h3,5H,2H2,1H3. The van der Waals surface area contributed by atoms with Gasteiger partial charge in [0.1, 0.15) is 6.07 Å². The van der Waals surface area contributed by atoms with Gasteiger partial charge in [-0.2, -0.15) is 15.6 Å². The van der Waals surface area contributed by atoms with Crippen molar-refractivity contribution in [3.63, 3.8) is 0 Å². The number of hydrogen-bond acceptors (Lipinski definition) is 4. The molecule has 0 saturated heterocycles. The molecule has 15 heavy (non-hydrogen) atoms. The van der Waals surface area contributed by atoms with Crippen molar-refractivity contribution in [2.45, 2.75) is 13.3 Å². The third kappa shape index (κ3) is 1.40. The molecule has 0 N–H and O–H groups in total. The first-order chi connectivity index (χ1) is 7.26. The van der Waals surface area contributed by atoms with Gasteiger partial charge in [-0.05, 0) is 18.6 Å². The molecule has 0 aliphatic rings. The van der Waals surface area contributed by atoms with Gasteiger partial charge in [-0.3, -0.25) is 0 Å². The van der Waals surface area contributed by atoms with Gasteiger partial charge in [-0.15, -0.1) is 0 Å². The van der Waals surface area contributed by atoms with Gasteiger partial charge in [0.2, 0.25) is 0 Å². The number of hydrogen-bond donors (Lipinski definition) is 0. The number of fused-ring (bicyclic) bond motifs is 1. The maximum Gasteiger partial charge on any atom is 0.173 e. The van der Waals surface area contributed by atoms with Crippen molar-refractivity contribution in [1.82, 2.24) is 14.6 Å².